The maximum absolute atomic E-state index is 13.5. The van der Waals surface area contributed by atoms with E-state index < -0.39 is 17.2 Å². The quantitative estimate of drug-likeness (QED) is 0.811. The molecule has 0 spiro atoms. The van der Waals surface area contributed by atoms with Gasteiger partial charge in [0.05, 0.1) is 5.69 Å². The standard InChI is InChI=1S/C11H10F2N2/c12-9-4-5-10(11(13)8(9)6-14)15-7-2-1-3-7/h4-5,7,15H,1-3H2. The fraction of sp³-hybridized carbons (Fsp3) is 0.364. The van der Waals surface area contributed by atoms with Crippen LogP contribution in [0.25, 0.3) is 0 Å². The van der Waals surface area contributed by atoms with Gasteiger partial charge in [-0.05, 0) is 31.4 Å². The van der Waals surface area contributed by atoms with Crippen LogP contribution < -0.4 is 5.32 Å². The Morgan fingerprint density at radius 2 is 2.07 bits per heavy atom. The number of hydrogen-bond acceptors (Lipinski definition) is 2. The smallest absolute Gasteiger partial charge is 0.167 e. The van der Waals surface area contributed by atoms with E-state index in [1.807, 2.05) is 0 Å². The summed E-state index contributed by atoms with van der Waals surface area (Å²) < 4.78 is 26.5. The van der Waals surface area contributed by atoms with Crippen molar-refractivity contribution in [2.45, 2.75) is 25.3 Å². The van der Waals surface area contributed by atoms with Gasteiger partial charge in [-0.2, -0.15) is 5.26 Å². The van der Waals surface area contributed by atoms with Crippen LogP contribution in [0.5, 0.6) is 0 Å². The van der Waals surface area contributed by atoms with Gasteiger partial charge in [0.15, 0.2) is 5.82 Å². The van der Waals surface area contributed by atoms with E-state index in [-0.39, 0.29) is 11.7 Å². The van der Waals surface area contributed by atoms with Crippen molar-refractivity contribution < 1.29 is 8.78 Å². The molecular weight excluding hydrogens is 198 g/mol. The zero-order valence-electron chi connectivity index (χ0n) is 8.06. The molecule has 0 atom stereocenters. The second-order valence-electron chi connectivity index (χ2n) is 3.67. The van der Waals surface area contributed by atoms with Crippen LogP contribution in [0.1, 0.15) is 24.8 Å². The number of halogens is 2. The molecular formula is C11H10F2N2. The fourth-order valence-electron chi connectivity index (χ4n) is 1.54. The Hall–Kier alpha value is -1.63. The van der Waals surface area contributed by atoms with Crippen LogP contribution in [-0.2, 0) is 0 Å². The minimum absolute atomic E-state index is 0.220. The summed E-state index contributed by atoms with van der Waals surface area (Å²) >= 11 is 0. The average molecular weight is 208 g/mol. The van der Waals surface area contributed by atoms with Gasteiger partial charge >= 0.3 is 0 Å². The third-order valence-corrected chi connectivity index (χ3v) is 2.67. The molecule has 0 aromatic heterocycles. The van der Waals surface area contributed by atoms with Crippen LogP contribution in [-0.4, -0.2) is 6.04 Å². The third kappa shape index (κ3) is 1.78. The Labute approximate surface area is 86.5 Å². The van der Waals surface area contributed by atoms with Crippen molar-refractivity contribution in [3.8, 4) is 6.07 Å². The van der Waals surface area contributed by atoms with Crippen LogP contribution in [0.4, 0.5) is 14.5 Å². The number of nitriles is 1. The molecule has 1 aromatic carbocycles. The highest BCUT2D eigenvalue weighted by Crippen LogP contribution is 2.26. The Morgan fingerprint density at radius 3 is 2.60 bits per heavy atom. The lowest BCUT2D eigenvalue weighted by molar-refractivity contribution is 0.442. The van der Waals surface area contributed by atoms with Crippen LogP contribution in [0.2, 0.25) is 0 Å². The molecule has 1 N–H and O–H groups in total. The molecule has 2 nitrogen and oxygen atoms in total. The van der Waals surface area contributed by atoms with Crippen molar-refractivity contribution in [3.63, 3.8) is 0 Å². The van der Waals surface area contributed by atoms with Crippen molar-refractivity contribution in [1.29, 1.82) is 5.26 Å². The zero-order valence-corrected chi connectivity index (χ0v) is 8.06. The molecule has 0 heterocycles. The van der Waals surface area contributed by atoms with Gasteiger partial charge in [-0.25, -0.2) is 8.78 Å². The normalized spacial score (nSPS) is 15.5. The molecule has 0 bridgehead atoms. The lowest BCUT2D eigenvalue weighted by atomic mass is 9.93. The maximum atomic E-state index is 13.5. The van der Waals surface area contributed by atoms with Crippen LogP contribution in [0, 0.1) is 23.0 Å². The topological polar surface area (TPSA) is 35.8 Å². The summed E-state index contributed by atoms with van der Waals surface area (Å²) in [6.07, 6.45) is 3.13. The Balaban J connectivity index is 2.28. The van der Waals surface area contributed by atoms with Crippen molar-refractivity contribution in [2.24, 2.45) is 0 Å². The molecule has 2 rings (SSSR count). The minimum Gasteiger partial charge on any atom is -0.380 e. The molecule has 0 unspecified atom stereocenters. The molecule has 0 saturated heterocycles. The molecule has 1 aromatic rings. The number of hydrogen-bond donors (Lipinski definition) is 1. The molecule has 1 aliphatic rings. The highest BCUT2D eigenvalue weighted by Gasteiger charge is 2.20. The van der Waals surface area contributed by atoms with E-state index in [1.54, 1.807) is 0 Å². The molecule has 78 valence electrons. The lowest BCUT2D eigenvalue weighted by Gasteiger charge is -2.27. The van der Waals surface area contributed by atoms with E-state index in [0.717, 1.165) is 25.3 Å². The summed E-state index contributed by atoms with van der Waals surface area (Å²) in [5.74, 6) is -1.60. The second-order valence-corrected chi connectivity index (χ2v) is 3.67. The number of rotatable bonds is 2. The number of nitrogens with zero attached hydrogens (tertiary/aromatic N) is 1. The maximum Gasteiger partial charge on any atom is 0.167 e. The largest absolute Gasteiger partial charge is 0.380 e. The number of anilines is 1. The monoisotopic (exact) mass is 208 g/mol. The molecule has 1 saturated carbocycles. The molecule has 1 fully saturated rings. The Kier molecular flexibility index (Phi) is 2.55. The van der Waals surface area contributed by atoms with Gasteiger partial charge < -0.3 is 5.32 Å². The number of nitrogens with one attached hydrogen (secondary N) is 1. The number of benzene rings is 1. The van der Waals surface area contributed by atoms with Crippen molar-refractivity contribution in [1.82, 2.24) is 0 Å². The van der Waals surface area contributed by atoms with Crippen LogP contribution >= 0.6 is 0 Å². The first kappa shape index (κ1) is 9.91. The minimum atomic E-state index is -0.811. The predicted molar refractivity (Wildman–Crippen MR) is 52.3 cm³/mol. The molecule has 1 aliphatic carbocycles. The van der Waals surface area contributed by atoms with Gasteiger partial charge in [-0.1, -0.05) is 0 Å². The second kappa shape index (κ2) is 3.85. The van der Waals surface area contributed by atoms with Gasteiger partial charge in [0, 0.05) is 6.04 Å². The first-order valence-electron chi connectivity index (χ1n) is 4.87. The van der Waals surface area contributed by atoms with Gasteiger partial charge in [0.1, 0.15) is 17.4 Å². The SMILES string of the molecule is N#Cc1c(F)ccc(NC2CCC2)c1F. The Morgan fingerprint density at radius 1 is 1.33 bits per heavy atom. The first-order valence-corrected chi connectivity index (χ1v) is 4.87. The van der Waals surface area contributed by atoms with Crippen molar-refractivity contribution in [2.75, 3.05) is 5.32 Å². The van der Waals surface area contributed by atoms with Crippen molar-refractivity contribution in [3.05, 3.63) is 29.3 Å². The lowest BCUT2D eigenvalue weighted by Crippen LogP contribution is -2.27. The fourth-order valence-corrected chi connectivity index (χ4v) is 1.54. The summed E-state index contributed by atoms with van der Waals surface area (Å²) in [7, 11) is 0. The van der Waals surface area contributed by atoms with Gasteiger partial charge in [0.25, 0.3) is 0 Å². The van der Waals surface area contributed by atoms with Gasteiger partial charge in [-0.15, -0.1) is 0 Å². The molecule has 15 heavy (non-hydrogen) atoms. The predicted octanol–water partition coefficient (Wildman–Crippen LogP) is 2.80. The summed E-state index contributed by atoms with van der Waals surface area (Å²) in [6.45, 7) is 0. The average Bonchev–Trinajstić information content (AvgIpc) is 2.15. The van der Waals surface area contributed by atoms with Crippen LogP contribution in [0.3, 0.4) is 0 Å². The van der Waals surface area contributed by atoms with Gasteiger partial charge in [-0.3, -0.25) is 0 Å². The molecule has 0 amide bonds. The molecule has 0 aliphatic heterocycles. The van der Waals surface area contributed by atoms with E-state index in [2.05, 4.69) is 5.32 Å². The highest BCUT2D eigenvalue weighted by molar-refractivity contribution is 5.52. The summed E-state index contributed by atoms with van der Waals surface area (Å²) in [5.41, 5.74) is -0.294. The van der Waals surface area contributed by atoms with E-state index >= 15 is 0 Å². The summed E-state index contributed by atoms with van der Waals surface area (Å²) in [5, 5.41) is 11.5. The van der Waals surface area contributed by atoms with E-state index in [4.69, 9.17) is 5.26 Å². The van der Waals surface area contributed by atoms with E-state index in [0.29, 0.717) is 0 Å². The van der Waals surface area contributed by atoms with Crippen molar-refractivity contribution >= 4 is 5.69 Å². The third-order valence-electron chi connectivity index (χ3n) is 2.67. The summed E-state index contributed by atoms with van der Waals surface area (Å²) in [6, 6.07) is 4.23. The molecule has 0 radical (unpaired) electrons. The van der Waals surface area contributed by atoms with Crippen LogP contribution in [0.15, 0.2) is 12.1 Å². The molecule has 4 heteroatoms. The first-order chi connectivity index (χ1) is 7.22. The zero-order chi connectivity index (χ0) is 10.8. The Bertz CT molecular complexity index is 419. The van der Waals surface area contributed by atoms with Gasteiger partial charge in [0.2, 0.25) is 0 Å². The highest BCUT2D eigenvalue weighted by atomic mass is 19.1. The van der Waals surface area contributed by atoms with E-state index in [1.165, 1.54) is 12.1 Å². The van der Waals surface area contributed by atoms with E-state index in [9.17, 15) is 8.78 Å². The summed E-state index contributed by atoms with van der Waals surface area (Å²) in [4.78, 5) is 0.